The average Bonchev–Trinajstić information content (AvgIpc) is 2.70. The molecule has 5 nitrogen and oxygen atoms in total. The van der Waals surface area contributed by atoms with Crippen molar-refractivity contribution in [1.82, 2.24) is 4.57 Å². The van der Waals surface area contributed by atoms with E-state index >= 15 is 0 Å². The molecule has 0 unspecified atom stereocenters. The maximum absolute atomic E-state index is 10.7. The lowest BCUT2D eigenvalue weighted by Gasteiger charge is -2.08. The Bertz CT molecular complexity index is 673. The van der Waals surface area contributed by atoms with Gasteiger partial charge in [-0.05, 0) is 12.1 Å². The zero-order valence-corrected chi connectivity index (χ0v) is 10.5. The first-order valence-corrected chi connectivity index (χ1v) is 5.64. The van der Waals surface area contributed by atoms with Gasteiger partial charge in [0.1, 0.15) is 6.54 Å². The van der Waals surface area contributed by atoms with E-state index in [0.717, 1.165) is 0 Å². The van der Waals surface area contributed by atoms with Crippen LogP contribution in [-0.2, 0) is 6.54 Å². The number of amides is 1. The Morgan fingerprint density at radius 1 is 1.56 bits per heavy atom. The van der Waals surface area contributed by atoms with Crippen LogP contribution in [0.4, 0.5) is 10.5 Å². The highest BCUT2D eigenvalue weighted by Crippen LogP contribution is 2.36. The van der Waals surface area contributed by atoms with E-state index in [0.29, 0.717) is 21.6 Å². The molecule has 18 heavy (non-hydrogen) atoms. The third-order valence-corrected chi connectivity index (χ3v) is 3.20. The van der Waals surface area contributed by atoms with Gasteiger partial charge in [-0.1, -0.05) is 23.2 Å². The van der Waals surface area contributed by atoms with Crippen molar-refractivity contribution in [3.63, 3.8) is 0 Å². The first kappa shape index (κ1) is 12.6. The van der Waals surface area contributed by atoms with Crippen LogP contribution in [0.15, 0.2) is 18.3 Å². The summed E-state index contributed by atoms with van der Waals surface area (Å²) >= 11 is 12.0. The van der Waals surface area contributed by atoms with Crippen LogP contribution in [0.2, 0.25) is 10.0 Å². The van der Waals surface area contributed by atoms with E-state index in [2.05, 4.69) is 5.32 Å². The molecule has 2 N–H and O–H groups in total. The molecule has 0 saturated carbocycles. The Hall–Kier alpha value is -1.90. The summed E-state index contributed by atoms with van der Waals surface area (Å²) in [6.07, 6.45) is 0.464. The van der Waals surface area contributed by atoms with Crippen LogP contribution >= 0.6 is 23.2 Å². The van der Waals surface area contributed by atoms with Crippen LogP contribution < -0.4 is 5.32 Å². The molecule has 0 spiro atoms. The van der Waals surface area contributed by atoms with Crippen LogP contribution in [0.25, 0.3) is 10.9 Å². The molecule has 2 aromatic rings. The van der Waals surface area contributed by atoms with Gasteiger partial charge >= 0.3 is 6.09 Å². The number of anilines is 1. The van der Waals surface area contributed by atoms with Gasteiger partial charge in [0.2, 0.25) is 0 Å². The SMILES string of the molecule is N#CCn1ccc2c(NC(=O)O)cc(Cl)c(Cl)c21. The van der Waals surface area contributed by atoms with Gasteiger partial charge in [-0.3, -0.25) is 5.32 Å². The Balaban J connectivity index is 2.72. The molecule has 0 fully saturated rings. The number of fused-ring (bicyclic) bond motifs is 1. The monoisotopic (exact) mass is 283 g/mol. The summed E-state index contributed by atoms with van der Waals surface area (Å²) in [7, 11) is 0. The average molecular weight is 284 g/mol. The van der Waals surface area contributed by atoms with Crippen molar-refractivity contribution in [2.45, 2.75) is 6.54 Å². The Morgan fingerprint density at radius 2 is 2.28 bits per heavy atom. The summed E-state index contributed by atoms with van der Waals surface area (Å²) in [5.41, 5.74) is 0.873. The molecule has 0 bridgehead atoms. The minimum Gasteiger partial charge on any atom is -0.465 e. The molecule has 0 saturated heterocycles. The first-order valence-electron chi connectivity index (χ1n) is 4.88. The number of carbonyl (C=O) groups is 1. The first-order chi connectivity index (χ1) is 8.54. The van der Waals surface area contributed by atoms with Crippen molar-refractivity contribution < 1.29 is 9.90 Å². The molecule has 0 aliphatic heterocycles. The van der Waals surface area contributed by atoms with Crippen molar-refractivity contribution >= 4 is 45.9 Å². The Morgan fingerprint density at radius 3 is 2.89 bits per heavy atom. The summed E-state index contributed by atoms with van der Waals surface area (Å²) in [5.74, 6) is 0. The lowest BCUT2D eigenvalue weighted by atomic mass is 10.2. The highest BCUT2D eigenvalue weighted by Gasteiger charge is 2.14. The predicted octanol–water partition coefficient (Wildman–Crippen LogP) is 3.56. The number of hydrogen-bond donors (Lipinski definition) is 2. The fraction of sp³-hybridized carbons (Fsp3) is 0.0909. The summed E-state index contributed by atoms with van der Waals surface area (Å²) in [6.45, 7) is 0.107. The fourth-order valence-corrected chi connectivity index (χ4v) is 2.21. The van der Waals surface area contributed by atoms with E-state index in [4.69, 9.17) is 33.6 Å². The number of nitrogens with zero attached hydrogens (tertiary/aromatic N) is 2. The molecular weight excluding hydrogens is 277 g/mol. The number of rotatable bonds is 2. The van der Waals surface area contributed by atoms with Crippen LogP contribution in [0, 0.1) is 11.3 Å². The van der Waals surface area contributed by atoms with Gasteiger partial charge in [-0.15, -0.1) is 0 Å². The van der Waals surface area contributed by atoms with Gasteiger partial charge in [0, 0.05) is 11.6 Å². The quantitative estimate of drug-likeness (QED) is 0.884. The van der Waals surface area contributed by atoms with Gasteiger partial charge in [0.25, 0.3) is 0 Å². The van der Waals surface area contributed by atoms with E-state index < -0.39 is 6.09 Å². The second kappa shape index (κ2) is 4.77. The second-order valence-electron chi connectivity index (χ2n) is 3.51. The van der Waals surface area contributed by atoms with E-state index in [-0.39, 0.29) is 11.6 Å². The molecule has 1 aromatic carbocycles. The van der Waals surface area contributed by atoms with E-state index in [1.807, 2.05) is 6.07 Å². The van der Waals surface area contributed by atoms with Gasteiger partial charge < -0.3 is 9.67 Å². The molecule has 0 radical (unpaired) electrons. The van der Waals surface area contributed by atoms with Crippen molar-refractivity contribution in [1.29, 1.82) is 5.26 Å². The molecule has 7 heteroatoms. The Kier molecular flexibility index (Phi) is 3.32. The Labute approximate surface area is 112 Å². The summed E-state index contributed by atoms with van der Waals surface area (Å²) in [6, 6.07) is 5.12. The number of hydrogen-bond acceptors (Lipinski definition) is 2. The predicted molar refractivity (Wildman–Crippen MR) is 69.2 cm³/mol. The van der Waals surface area contributed by atoms with Crippen molar-refractivity contribution in [2.75, 3.05) is 5.32 Å². The molecular formula is C11H7Cl2N3O2. The number of nitrogens with one attached hydrogen (secondary N) is 1. The van der Waals surface area contributed by atoms with Crippen LogP contribution in [-0.4, -0.2) is 15.8 Å². The molecule has 1 amide bonds. The number of nitriles is 1. The third-order valence-electron chi connectivity index (χ3n) is 2.42. The van der Waals surface area contributed by atoms with Crippen molar-refractivity contribution in [2.24, 2.45) is 0 Å². The molecule has 2 rings (SSSR count). The lowest BCUT2D eigenvalue weighted by molar-refractivity contribution is 0.210. The minimum absolute atomic E-state index is 0.107. The van der Waals surface area contributed by atoms with E-state index in [1.54, 1.807) is 16.8 Å². The maximum atomic E-state index is 10.7. The van der Waals surface area contributed by atoms with Crippen LogP contribution in [0.5, 0.6) is 0 Å². The maximum Gasteiger partial charge on any atom is 0.409 e. The summed E-state index contributed by atoms with van der Waals surface area (Å²) in [4.78, 5) is 10.7. The molecule has 92 valence electrons. The lowest BCUT2D eigenvalue weighted by Crippen LogP contribution is -2.07. The molecule has 0 aliphatic carbocycles. The van der Waals surface area contributed by atoms with Gasteiger partial charge in [0.15, 0.2) is 0 Å². The van der Waals surface area contributed by atoms with Crippen molar-refractivity contribution in [3.8, 4) is 6.07 Å². The molecule has 1 heterocycles. The zero-order valence-electron chi connectivity index (χ0n) is 8.94. The highest BCUT2D eigenvalue weighted by atomic mass is 35.5. The summed E-state index contributed by atoms with van der Waals surface area (Å²) < 4.78 is 1.61. The smallest absolute Gasteiger partial charge is 0.409 e. The minimum atomic E-state index is -1.19. The molecule has 0 atom stereocenters. The largest absolute Gasteiger partial charge is 0.465 e. The van der Waals surface area contributed by atoms with Gasteiger partial charge in [-0.2, -0.15) is 5.26 Å². The number of carboxylic acid groups (broad SMARTS) is 1. The number of benzene rings is 1. The highest BCUT2D eigenvalue weighted by molar-refractivity contribution is 6.45. The summed E-state index contributed by atoms with van der Waals surface area (Å²) in [5, 5.41) is 20.8. The third kappa shape index (κ3) is 2.08. The second-order valence-corrected chi connectivity index (χ2v) is 4.30. The molecule has 0 aliphatic rings. The number of aromatic nitrogens is 1. The normalized spacial score (nSPS) is 10.3. The van der Waals surface area contributed by atoms with Gasteiger partial charge in [-0.25, -0.2) is 4.79 Å². The van der Waals surface area contributed by atoms with E-state index in [9.17, 15) is 4.79 Å². The van der Waals surface area contributed by atoms with Crippen LogP contribution in [0.1, 0.15) is 0 Å². The number of halogens is 2. The topological polar surface area (TPSA) is 78.0 Å². The molecule has 1 aromatic heterocycles. The van der Waals surface area contributed by atoms with Gasteiger partial charge in [0.05, 0.1) is 27.3 Å². The van der Waals surface area contributed by atoms with Crippen molar-refractivity contribution in [3.05, 3.63) is 28.4 Å². The van der Waals surface area contributed by atoms with Crippen LogP contribution in [0.3, 0.4) is 0 Å². The zero-order chi connectivity index (χ0) is 13.3. The van der Waals surface area contributed by atoms with E-state index in [1.165, 1.54) is 6.07 Å². The standard InChI is InChI=1S/C11H7Cl2N3O2/c12-7-5-8(15-11(17)18)6-1-3-16(4-2-14)10(6)9(7)13/h1,3,5,15H,4H2,(H,17,18). The fourth-order valence-electron chi connectivity index (χ4n) is 1.74.